The van der Waals surface area contributed by atoms with Gasteiger partial charge in [0.05, 0.1) is 6.54 Å². The zero-order valence-electron chi connectivity index (χ0n) is 10.3. The van der Waals surface area contributed by atoms with Crippen LogP contribution in [0.4, 0.5) is 0 Å². The summed E-state index contributed by atoms with van der Waals surface area (Å²) in [6, 6.07) is 9.06. The van der Waals surface area contributed by atoms with Crippen molar-refractivity contribution in [3.05, 3.63) is 53.8 Å². The molecule has 0 saturated heterocycles. The van der Waals surface area contributed by atoms with Crippen LogP contribution in [-0.4, -0.2) is 20.6 Å². The van der Waals surface area contributed by atoms with Crippen LogP contribution in [0.3, 0.4) is 0 Å². The second-order valence-electron chi connectivity index (χ2n) is 4.20. The average molecular weight is 267 g/mol. The van der Waals surface area contributed by atoms with Crippen LogP contribution in [0.5, 0.6) is 0 Å². The van der Waals surface area contributed by atoms with Crippen LogP contribution in [0, 0.1) is 11.3 Å². The SMILES string of the molecule is N#Cc1nccn1Cc1c(C(=O)O)oc2ccccc12. The molecule has 3 aromatic rings. The molecule has 0 aliphatic rings. The molecule has 6 nitrogen and oxygen atoms in total. The van der Waals surface area contributed by atoms with Gasteiger partial charge in [-0.05, 0) is 6.07 Å². The molecule has 0 atom stereocenters. The van der Waals surface area contributed by atoms with E-state index < -0.39 is 5.97 Å². The molecule has 20 heavy (non-hydrogen) atoms. The van der Waals surface area contributed by atoms with Gasteiger partial charge < -0.3 is 14.1 Å². The highest BCUT2D eigenvalue weighted by Crippen LogP contribution is 2.27. The monoisotopic (exact) mass is 267 g/mol. The van der Waals surface area contributed by atoms with Crippen molar-refractivity contribution in [1.82, 2.24) is 9.55 Å². The van der Waals surface area contributed by atoms with Crippen LogP contribution >= 0.6 is 0 Å². The number of furan rings is 1. The van der Waals surface area contributed by atoms with E-state index in [2.05, 4.69) is 4.98 Å². The number of para-hydroxylation sites is 1. The maximum absolute atomic E-state index is 11.3. The number of carbonyl (C=O) groups is 1. The Labute approximate surface area is 113 Å². The number of hydrogen-bond donors (Lipinski definition) is 1. The number of aromatic nitrogens is 2. The number of carboxylic acids is 1. The number of aromatic carboxylic acids is 1. The van der Waals surface area contributed by atoms with Crippen molar-refractivity contribution in [3.8, 4) is 6.07 Å². The second kappa shape index (κ2) is 4.55. The van der Waals surface area contributed by atoms with Crippen molar-refractivity contribution in [2.24, 2.45) is 0 Å². The van der Waals surface area contributed by atoms with Gasteiger partial charge in [0.2, 0.25) is 11.6 Å². The predicted octanol–water partition coefficient (Wildman–Crippen LogP) is 2.25. The van der Waals surface area contributed by atoms with Crippen molar-refractivity contribution < 1.29 is 14.3 Å². The number of carboxylic acid groups (broad SMARTS) is 1. The van der Waals surface area contributed by atoms with Gasteiger partial charge in [-0.2, -0.15) is 5.26 Å². The molecule has 1 aromatic carbocycles. The first-order valence-corrected chi connectivity index (χ1v) is 5.85. The smallest absolute Gasteiger partial charge is 0.372 e. The number of hydrogen-bond acceptors (Lipinski definition) is 4. The Morgan fingerprint density at radius 1 is 1.45 bits per heavy atom. The van der Waals surface area contributed by atoms with Gasteiger partial charge in [-0.15, -0.1) is 0 Å². The highest BCUT2D eigenvalue weighted by Gasteiger charge is 2.20. The number of benzene rings is 1. The fourth-order valence-corrected chi connectivity index (χ4v) is 2.15. The molecule has 0 bridgehead atoms. The van der Waals surface area contributed by atoms with Crippen LogP contribution in [0.1, 0.15) is 21.9 Å². The molecule has 1 N–H and O–H groups in total. The number of rotatable bonds is 3. The van der Waals surface area contributed by atoms with Crippen molar-refractivity contribution >= 4 is 16.9 Å². The second-order valence-corrected chi connectivity index (χ2v) is 4.20. The van der Waals surface area contributed by atoms with Crippen molar-refractivity contribution in [1.29, 1.82) is 5.26 Å². The van der Waals surface area contributed by atoms with Gasteiger partial charge in [0.25, 0.3) is 0 Å². The molecule has 0 aliphatic heterocycles. The number of fused-ring (bicyclic) bond motifs is 1. The van der Waals surface area contributed by atoms with E-state index in [4.69, 9.17) is 9.68 Å². The molecule has 98 valence electrons. The zero-order valence-corrected chi connectivity index (χ0v) is 10.3. The summed E-state index contributed by atoms with van der Waals surface area (Å²) in [5.74, 6) is -1.01. The molecule has 2 aromatic heterocycles. The Balaban J connectivity index is 2.17. The molecule has 0 amide bonds. The number of imidazole rings is 1. The molecule has 0 fully saturated rings. The molecular weight excluding hydrogens is 258 g/mol. The van der Waals surface area contributed by atoms with E-state index in [9.17, 15) is 9.90 Å². The minimum atomic E-state index is -1.13. The third-order valence-corrected chi connectivity index (χ3v) is 3.04. The number of nitrogens with zero attached hydrogens (tertiary/aromatic N) is 3. The first-order valence-electron chi connectivity index (χ1n) is 5.85. The minimum absolute atomic E-state index is 0.108. The lowest BCUT2D eigenvalue weighted by Gasteiger charge is -2.03. The summed E-state index contributed by atoms with van der Waals surface area (Å²) in [6.45, 7) is 0.224. The Bertz CT molecular complexity index is 839. The number of nitriles is 1. The Kier molecular flexibility index (Phi) is 2.73. The average Bonchev–Trinajstić information content (AvgIpc) is 3.04. The lowest BCUT2D eigenvalue weighted by Crippen LogP contribution is -2.06. The van der Waals surface area contributed by atoms with E-state index >= 15 is 0 Å². The molecule has 0 radical (unpaired) electrons. The molecule has 0 saturated carbocycles. The molecule has 2 heterocycles. The molecule has 0 spiro atoms. The Morgan fingerprint density at radius 2 is 2.25 bits per heavy atom. The van der Waals surface area contributed by atoms with Gasteiger partial charge >= 0.3 is 5.97 Å². The maximum Gasteiger partial charge on any atom is 0.372 e. The third-order valence-electron chi connectivity index (χ3n) is 3.04. The first kappa shape index (κ1) is 12.0. The van der Waals surface area contributed by atoms with Gasteiger partial charge in [0.15, 0.2) is 0 Å². The minimum Gasteiger partial charge on any atom is -0.475 e. The lowest BCUT2D eigenvalue weighted by molar-refractivity contribution is 0.0663. The fourth-order valence-electron chi connectivity index (χ4n) is 2.15. The van der Waals surface area contributed by atoms with Crippen molar-refractivity contribution in [2.75, 3.05) is 0 Å². The standard InChI is InChI=1S/C14H9N3O3/c15-7-12-16-5-6-17(12)8-10-9-3-1-2-4-11(9)20-13(10)14(18)19/h1-6H,8H2,(H,18,19). The molecule has 3 rings (SSSR count). The Hall–Kier alpha value is -3.07. The van der Waals surface area contributed by atoms with Gasteiger partial charge in [-0.1, -0.05) is 18.2 Å². The summed E-state index contributed by atoms with van der Waals surface area (Å²) >= 11 is 0. The van der Waals surface area contributed by atoms with Crippen molar-refractivity contribution in [2.45, 2.75) is 6.54 Å². The van der Waals surface area contributed by atoms with Gasteiger partial charge in [0, 0.05) is 23.3 Å². The third kappa shape index (κ3) is 1.82. The molecule has 0 unspecified atom stereocenters. The van der Waals surface area contributed by atoms with Crippen LogP contribution in [-0.2, 0) is 6.54 Å². The molecule has 0 aliphatic carbocycles. The Morgan fingerprint density at radius 3 is 3.00 bits per heavy atom. The summed E-state index contributed by atoms with van der Waals surface area (Å²) < 4.78 is 6.95. The van der Waals surface area contributed by atoms with Crippen LogP contribution in [0.2, 0.25) is 0 Å². The van der Waals surface area contributed by atoms with Gasteiger partial charge in [0.1, 0.15) is 11.7 Å². The van der Waals surface area contributed by atoms with E-state index in [1.807, 2.05) is 12.1 Å². The van der Waals surface area contributed by atoms with Crippen LogP contribution in [0.15, 0.2) is 41.1 Å². The van der Waals surface area contributed by atoms with Crippen LogP contribution < -0.4 is 0 Å². The highest BCUT2D eigenvalue weighted by molar-refractivity contribution is 5.95. The summed E-state index contributed by atoms with van der Waals surface area (Å²) in [5.41, 5.74) is 1.04. The largest absolute Gasteiger partial charge is 0.475 e. The topological polar surface area (TPSA) is 92.0 Å². The zero-order chi connectivity index (χ0) is 14.1. The van der Waals surface area contributed by atoms with Gasteiger partial charge in [-0.3, -0.25) is 0 Å². The predicted molar refractivity (Wildman–Crippen MR) is 69.2 cm³/mol. The normalized spacial score (nSPS) is 10.6. The maximum atomic E-state index is 11.3. The van der Waals surface area contributed by atoms with E-state index in [0.717, 1.165) is 5.39 Å². The van der Waals surface area contributed by atoms with E-state index in [1.54, 1.807) is 29.0 Å². The summed E-state index contributed by atoms with van der Waals surface area (Å²) in [7, 11) is 0. The summed E-state index contributed by atoms with van der Waals surface area (Å²) in [4.78, 5) is 15.2. The molecule has 6 heteroatoms. The molecular formula is C14H9N3O3. The van der Waals surface area contributed by atoms with E-state index in [0.29, 0.717) is 11.1 Å². The van der Waals surface area contributed by atoms with E-state index in [1.165, 1.54) is 6.20 Å². The first-order chi connectivity index (χ1) is 9.70. The lowest BCUT2D eigenvalue weighted by atomic mass is 10.1. The highest BCUT2D eigenvalue weighted by atomic mass is 16.4. The summed E-state index contributed by atoms with van der Waals surface area (Å²) in [6.07, 6.45) is 3.13. The van der Waals surface area contributed by atoms with E-state index in [-0.39, 0.29) is 18.1 Å². The van der Waals surface area contributed by atoms with Gasteiger partial charge in [-0.25, -0.2) is 9.78 Å². The fraction of sp³-hybridized carbons (Fsp3) is 0.0714. The quantitative estimate of drug-likeness (QED) is 0.785. The van der Waals surface area contributed by atoms with Crippen LogP contribution in [0.25, 0.3) is 11.0 Å². The summed E-state index contributed by atoms with van der Waals surface area (Å²) in [5, 5.41) is 18.9. The van der Waals surface area contributed by atoms with Crippen molar-refractivity contribution in [3.63, 3.8) is 0 Å².